The van der Waals surface area contributed by atoms with E-state index in [4.69, 9.17) is 9.47 Å². The normalized spacial score (nSPS) is 12.0. The van der Waals surface area contributed by atoms with Crippen LogP contribution in [-0.2, 0) is 4.74 Å². The molecule has 1 atom stereocenters. The van der Waals surface area contributed by atoms with Crippen LogP contribution in [0, 0.1) is 0 Å². The van der Waals surface area contributed by atoms with Gasteiger partial charge < -0.3 is 25.2 Å². The van der Waals surface area contributed by atoms with E-state index in [1.165, 1.54) is 13.4 Å². The molecule has 1 rings (SSSR count). The second-order valence-electron chi connectivity index (χ2n) is 3.62. The summed E-state index contributed by atoms with van der Waals surface area (Å²) in [7, 11) is 3.09. The van der Waals surface area contributed by atoms with Crippen LogP contribution in [0.2, 0.25) is 0 Å². The Morgan fingerprint density at radius 3 is 2.50 bits per heavy atom. The number of nitrogens with zero attached hydrogens (tertiary/aromatic N) is 2. The predicted molar refractivity (Wildman–Crippen MR) is 69.1 cm³/mol. The van der Waals surface area contributed by atoms with Crippen LogP contribution in [0.4, 0.5) is 11.6 Å². The number of nitrogens with one attached hydrogen (secondary N) is 2. The lowest BCUT2D eigenvalue weighted by Crippen LogP contribution is -2.24. The van der Waals surface area contributed by atoms with Crippen molar-refractivity contribution in [2.75, 3.05) is 44.5 Å². The summed E-state index contributed by atoms with van der Waals surface area (Å²) in [6.45, 7) is 3.29. The van der Waals surface area contributed by atoms with Crippen LogP contribution in [0.5, 0.6) is 5.75 Å². The first-order chi connectivity index (χ1) is 8.72. The SMILES string of the molecule is CCNc1ncnc(NCC(O)COC)c1OC. The fourth-order valence-electron chi connectivity index (χ4n) is 1.45. The maximum Gasteiger partial charge on any atom is 0.204 e. The van der Waals surface area contributed by atoms with Gasteiger partial charge in [0.2, 0.25) is 5.75 Å². The molecule has 0 aliphatic carbocycles. The topological polar surface area (TPSA) is 88.5 Å². The van der Waals surface area contributed by atoms with E-state index < -0.39 is 6.10 Å². The van der Waals surface area contributed by atoms with Crippen LogP contribution < -0.4 is 15.4 Å². The molecule has 0 bridgehead atoms. The molecule has 0 radical (unpaired) electrons. The van der Waals surface area contributed by atoms with Gasteiger partial charge in [0, 0.05) is 20.2 Å². The van der Waals surface area contributed by atoms with Gasteiger partial charge in [0.25, 0.3) is 0 Å². The van der Waals surface area contributed by atoms with E-state index in [0.717, 1.165) is 6.54 Å². The molecule has 0 amide bonds. The Balaban J connectivity index is 2.72. The molecule has 3 N–H and O–H groups in total. The number of aliphatic hydroxyl groups excluding tert-OH is 1. The Morgan fingerprint density at radius 2 is 1.94 bits per heavy atom. The zero-order chi connectivity index (χ0) is 13.4. The summed E-state index contributed by atoms with van der Waals surface area (Å²) in [5.41, 5.74) is 0. The molecule has 0 aliphatic heterocycles. The van der Waals surface area contributed by atoms with Crippen molar-refractivity contribution in [2.45, 2.75) is 13.0 Å². The molecule has 102 valence electrons. The lowest BCUT2D eigenvalue weighted by atomic mass is 10.3. The summed E-state index contributed by atoms with van der Waals surface area (Å²) in [6.07, 6.45) is 0.836. The van der Waals surface area contributed by atoms with Crippen molar-refractivity contribution in [1.29, 1.82) is 0 Å². The van der Waals surface area contributed by atoms with Crippen molar-refractivity contribution in [3.05, 3.63) is 6.33 Å². The lowest BCUT2D eigenvalue weighted by molar-refractivity contribution is 0.0727. The Morgan fingerprint density at radius 1 is 1.28 bits per heavy atom. The summed E-state index contributed by atoms with van der Waals surface area (Å²) in [5, 5.41) is 15.6. The van der Waals surface area contributed by atoms with E-state index in [0.29, 0.717) is 23.9 Å². The van der Waals surface area contributed by atoms with Crippen LogP contribution in [-0.4, -0.2) is 55.1 Å². The van der Waals surface area contributed by atoms with E-state index in [9.17, 15) is 5.11 Å². The van der Waals surface area contributed by atoms with Gasteiger partial charge in [0.1, 0.15) is 6.33 Å². The number of aliphatic hydroxyl groups is 1. The number of ether oxygens (including phenoxy) is 2. The first-order valence-corrected chi connectivity index (χ1v) is 5.76. The average molecular weight is 256 g/mol. The number of aromatic nitrogens is 2. The molecule has 7 nitrogen and oxygen atoms in total. The van der Waals surface area contributed by atoms with Crippen LogP contribution in [0.15, 0.2) is 6.33 Å². The number of rotatable bonds is 8. The molecule has 0 aliphatic rings. The number of methoxy groups -OCH3 is 2. The van der Waals surface area contributed by atoms with Gasteiger partial charge in [-0.3, -0.25) is 0 Å². The Bertz CT molecular complexity index is 362. The molecular weight excluding hydrogens is 236 g/mol. The molecule has 0 aromatic carbocycles. The predicted octanol–water partition coefficient (Wildman–Crippen LogP) is 0.336. The molecule has 0 saturated carbocycles. The van der Waals surface area contributed by atoms with E-state index in [1.54, 1.807) is 7.11 Å². The van der Waals surface area contributed by atoms with Crippen LogP contribution >= 0.6 is 0 Å². The summed E-state index contributed by atoms with van der Waals surface area (Å²) in [6, 6.07) is 0. The molecule has 1 aromatic heterocycles. The molecule has 1 aromatic rings. The quantitative estimate of drug-likeness (QED) is 0.618. The molecule has 18 heavy (non-hydrogen) atoms. The summed E-state index contributed by atoms with van der Waals surface area (Å²) < 4.78 is 10.1. The second-order valence-corrected chi connectivity index (χ2v) is 3.62. The second kappa shape index (κ2) is 7.67. The molecule has 7 heteroatoms. The minimum Gasteiger partial charge on any atom is -0.490 e. The largest absolute Gasteiger partial charge is 0.490 e. The summed E-state index contributed by atoms with van der Waals surface area (Å²) in [5.74, 6) is 1.70. The zero-order valence-corrected chi connectivity index (χ0v) is 10.9. The lowest BCUT2D eigenvalue weighted by Gasteiger charge is -2.15. The minimum absolute atomic E-state index is 0.264. The summed E-state index contributed by atoms with van der Waals surface area (Å²) >= 11 is 0. The number of hydrogen-bond acceptors (Lipinski definition) is 7. The monoisotopic (exact) mass is 256 g/mol. The van der Waals surface area contributed by atoms with Gasteiger partial charge in [-0.15, -0.1) is 0 Å². The zero-order valence-electron chi connectivity index (χ0n) is 10.9. The summed E-state index contributed by atoms with van der Waals surface area (Å²) in [4.78, 5) is 8.17. The first-order valence-electron chi connectivity index (χ1n) is 5.76. The van der Waals surface area contributed by atoms with Crippen molar-refractivity contribution in [1.82, 2.24) is 9.97 Å². The Hall–Kier alpha value is -1.60. The third-order valence-electron chi connectivity index (χ3n) is 2.22. The minimum atomic E-state index is -0.600. The maximum absolute atomic E-state index is 9.56. The van der Waals surface area contributed by atoms with Gasteiger partial charge in [-0.2, -0.15) is 0 Å². The third kappa shape index (κ3) is 4.01. The fourth-order valence-corrected chi connectivity index (χ4v) is 1.45. The molecule has 1 unspecified atom stereocenters. The average Bonchev–Trinajstić information content (AvgIpc) is 2.37. The molecule has 1 heterocycles. The van der Waals surface area contributed by atoms with E-state index in [1.807, 2.05) is 6.92 Å². The van der Waals surface area contributed by atoms with Gasteiger partial charge in [-0.05, 0) is 6.92 Å². The van der Waals surface area contributed by atoms with Crippen molar-refractivity contribution < 1.29 is 14.6 Å². The third-order valence-corrected chi connectivity index (χ3v) is 2.22. The molecule has 0 saturated heterocycles. The highest BCUT2D eigenvalue weighted by Gasteiger charge is 2.12. The highest BCUT2D eigenvalue weighted by molar-refractivity contribution is 5.63. The maximum atomic E-state index is 9.56. The van der Waals surface area contributed by atoms with Crippen LogP contribution in [0.3, 0.4) is 0 Å². The highest BCUT2D eigenvalue weighted by Crippen LogP contribution is 2.28. The van der Waals surface area contributed by atoms with Crippen molar-refractivity contribution in [2.24, 2.45) is 0 Å². The Kier molecular flexibility index (Phi) is 6.16. The van der Waals surface area contributed by atoms with Gasteiger partial charge in [0.05, 0.1) is 19.8 Å². The molecule has 0 spiro atoms. The molecule has 0 fully saturated rings. The molecular formula is C11H20N4O3. The smallest absolute Gasteiger partial charge is 0.204 e. The van der Waals surface area contributed by atoms with Crippen LogP contribution in [0.1, 0.15) is 6.92 Å². The Labute approximate surface area is 107 Å². The van der Waals surface area contributed by atoms with Gasteiger partial charge in [-0.1, -0.05) is 0 Å². The number of anilines is 2. The fraction of sp³-hybridized carbons (Fsp3) is 0.636. The van der Waals surface area contributed by atoms with Gasteiger partial charge in [0.15, 0.2) is 11.6 Å². The van der Waals surface area contributed by atoms with Gasteiger partial charge >= 0.3 is 0 Å². The van der Waals surface area contributed by atoms with E-state index >= 15 is 0 Å². The first kappa shape index (κ1) is 14.5. The van der Waals surface area contributed by atoms with E-state index in [2.05, 4.69) is 20.6 Å². The van der Waals surface area contributed by atoms with Crippen molar-refractivity contribution in [3.63, 3.8) is 0 Å². The number of hydrogen-bond donors (Lipinski definition) is 3. The van der Waals surface area contributed by atoms with Gasteiger partial charge in [-0.25, -0.2) is 9.97 Å². The highest BCUT2D eigenvalue weighted by atomic mass is 16.5. The van der Waals surface area contributed by atoms with E-state index in [-0.39, 0.29) is 6.61 Å². The van der Waals surface area contributed by atoms with Crippen LogP contribution in [0.25, 0.3) is 0 Å². The van der Waals surface area contributed by atoms with Crippen molar-refractivity contribution in [3.8, 4) is 5.75 Å². The standard InChI is InChI=1S/C11H20N4O3/c1-4-12-10-9(18-3)11(15-7-14-10)13-5-8(16)6-17-2/h7-8,16H,4-6H2,1-3H3,(H2,12,13,14,15). The van der Waals surface area contributed by atoms with Crippen molar-refractivity contribution >= 4 is 11.6 Å².